The second kappa shape index (κ2) is 10.1. The van der Waals surface area contributed by atoms with Crippen LogP contribution in [0.4, 0.5) is 5.69 Å². The minimum atomic E-state index is -0.655. The largest absolute Gasteiger partial charge is 0.493 e. The van der Waals surface area contributed by atoms with Gasteiger partial charge in [0.05, 0.1) is 28.7 Å². The predicted octanol–water partition coefficient (Wildman–Crippen LogP) is 5.17. The van der Waals surface area contributed by atoms with Crippen LogP contribution in [0.2, 0.25) is 5.02 Å². The van der Waals surface area contributed by atoms with Crippen molar-refractivity contribution in [2.45, 2.75) is 26.7 Å². The zero-order valence-corrected chi connectivity index (χ0v) is 17.8. The van der Waals surface area contributed by atoms with Gasteiger partial charge in [-0.2, -0.15) is 0 Å². The monoisotopic (exact) mass is 444 g/mol. The summed E-state index contributed by atoms with van der Waals surface area (Å²) in [7, 11) is 0. The quantitative estimate of drug-likeness (QED) is 0.229. The highest BCUT2D eigenvalue weighted by Crippen LogP contribution is 2.30. The molecule has 0 aliphatic carbocycles. The van der Waals surface area contributed by atoms with E-state index in [9.17, 15) is 14.9 Å². The van der Waals surface area contributed by atoms with Crippen molar-refractivity contribution in [3.05, 3.63) is 68.4 Å². The molecule has 0 aromatic heterocycles. The van der Waals surface area contributed by atoms with Crippen LogP contribution in [-0.4, -0.2) is 30.0 Å². The number of cyclic esters (lactones) is 1. The van der Waals surface area contributed by atoms with Gasteiger partial charge in [-0.05, 0) is 37.1 Å². The molecule has 0 bridgehead atoms. The number of hydrogen-bond donors (Lipinski definition) is 0. The lowest BCUT2D eigenvalue weighted by molar-refractivity contribution is -0.384. The lowest BCUT2D eigenvalue weighted by atomic mass is 10.1. The number of non-ortho nitro benzene ring substituents is 1. The van der Waals surface area contributed by atoms with Gasteiger partial charge in [0.2, 0.25) is 5.90 Å². The van der Waals surface area contributed by atoms with Crippen LogP contribution in [0.25, 0.3) is 6.08 Å². The zero-order chi connectivity index (χ0) is 22.4. The Bertz CT molecular complexity index is 1060. The van der Waals surface area contributed by atoms with E-state index in [4.69, 9.17) is 25.8 Å². The molecule has 2 aromatic carbocycles. The van der Waals surface area contributed by atoms with Crippen LogP contribution < -0.4 is 9.47 Å². The second-order valence-electron chi connectivity index (χ2n) is 6.65. The number of hydrogen-bond acceptors (Lipinski definition) is 7. The highest BCUT2D eigenvalue weighted by molar-refractivity contribution is 6.34. The molecular formula is C22H21ClN2O6. The van der Waals surface area contributed by atoms with Crippen LogP contribution in [0.3, 0.4) is 0 Å². The van der Waals surface area contributed by atoms with Crippen LogP contribution in [-0.2, 0) is 9.53 Å². The molecule has 8 nitrogen and oxygen atoms in total. The minimum absolute atomic E-state index is 0.0185. The van der Waals surface area contributed by atoms with Crippen molar-refractivity contribution in [2.24, 2.45) is 4.99 Å². The summed E-state index contributed by atoms with van der Waals surface area (Å²) in [6.45, 7) is 5.11. The molecule has 1 aliphatic rings. The summed E-state index contributed by atoms with van der Waals surface area (Å²) in [5.74, 6) is 0.561. The van der Waals surface area contributed by atoms with E-state index in [1.165, 1.54) is 18.2 Å². The average molecular weight is 445 g/mol. The number of aliphatic imine (C=N–C) groups is 1. The molecule has 9 heteroatoms. The Labute approximate surface area is 184 Å². The number of rotatable bonds is 9. The first-order chi connectivity index (χ1) is 14.9. The molecule has 0 radical (unpaired) electrons. The zero-order valence-electron chi connectivity index (χ0n) is 17.1. The van der Waals surface area contributed by atoms with E-state index >= 15 is 0 Å². The Morgan fingerprint density at radius 1 is 1.13 bits per heavy atom. The van der Waals surface area contributed by atoms with Crippen molar-refractivity contribution in [1.29, 1.82) is 0 Å². The molecule has 0 atom stereocenters. The van der Waals surface area contributed by atoms with Crippen molar-refractivity contribution < 1.29 is 23.9 Å². The normalized spacial score (nSPS) is 14.4. The molecule has 0 saturated heterocycles. The molecule has 0 fully saturated rings. The molecule has 0 saturated carbocycles. The third-order valence-electron chi connectivity index (χ3n) is 4.23. The summed E-state index contributed by atoms with van der Waals surface area (Å²) in [6.07, 6.45) is 3.26. The van der Waals surface area contributed by atoms with Crippen LogP contribution in [0, 0.1) is 10.1 Å². The topological polar surface area (TPSA) is 100 Å². The maximum Gasteiger partial charge on any atom is 0.363 e. The fraction of sp³-hybridized carbons (Fsp3) is 0.273. The molecule has 2 aromatic rings. The number of benzene rings is 2. The Morgan fingerprint density at radius 3 is 2.55 bits per heavy atom. The lowest BCUT2D eigenvalue weighted by Gasteiger charge is -2.11. The third kappa shape index (κ3) is 5.40. The molecule has 0 amide bonds. The summed E-state index contributed by atoms with van der Waals surface area (Å²) in [4.78, 5) is 26.9. The number of nitro benzene ring substituents is 1. The van der Waals surface area contributed by atoms with Crippen LogP contribution in [0.1, 0.15) is 37.8 Å². The highest BCUT2D eigenvalue weighted by Gasteiger charge is 2.27. The van der Waals surface area contributed by atoms with Crippen LogP contribution >= 0.6 is 11.6 Å². The summed E-state index contributed by atoms with van der Waals surface area (Å²) < 4.78 is 16.7. The molecule has 162 valence electrons. The maximum atomic E-state index is 12.4. The number of esters is 1. The van der Waals surface area contributed by atoms with Gasteiger partial charge in [0.15, 0.2) is 5.70 Å². The van der Waals surface area contributed by atoms with E-state index in [1.807, 2.05) is 13.8 Å². The van der Waals surface area contributed by atoms with E-state index in [0.29, 0.717) is 30.3 Å². The van der Waals surface area contributed by atoms with E-state index < -0.39 is 10.9 Å². The molecule has 0 N–H and O–H groups in total. The van der Waals surface area contributed by atoms with Crippen molar-refractivity contribution >= 4 is 35.2 Å². The van der Waals surface area contributed by atoms with Crippen LogP contribution in [0.15, 0.2) is 47.1 Å². The Hall–Kier alpha value is -3.39. The van der Waals surface area contributed by atoms with Gasteiger partial charge in [-0.3, -0.25) is 10.1 Å². The third-order valence-corrected chi connectivity index (χ3v) is 4.54. The number of carbonyl (C=O) groups is 1. The van der Waals surface area contributed by atoms with Crippen molar-refractivity contribution in [1.82, 2.24) is 0 Å². The van der Waals surface area contributed by atoms with E-state index in [1.54, 1.807) is 24.3 Å². The molecule has 3 rings (SSSR count). The van der Waals surface area contributed by atoms with Crippen LogP contribution in [0.5, 0.6) is 11.5 Å². The number of halogens is 1. The van der Waals surface area contributed by atoms with E-state index in [2.05, 4.69) is 4.99 Å². The molecule has 31 heavy (non-hydrogen) atoms. The SMILES string of the molecule is CCCOc1ccc(/C=C2/N=C(c3ccc([N+](=O)[O-])cc3Cl)OC2=O)c(OCCC)c1. The maximum absolute atomic E-state index is 12.4. The number of ether oxygens (including phenoxy) is 3. The smallest absolute Gasteiger partial charge is 0.363 e. The van der Waals surface area contributed by atoms with E-state index in [0.717, 1.165) is 12.8 Å². The van der Waals surface area contributed by atoms with E-state index in [-0.39, 0.29) is 27.9 Å². The van der Waals surface area contributed by atoms with Crippen molar-refractivity contribution in [3.8, 4) is 11.5 Å². The Balaban J connectivity index is 1.93. The average Bonchev–Trinajstić information content (AvgIpc) is 3.11. The first-order valence-corrected chi connectivity index (χ1v) is 10.2. The van der Waals surface area contributed by atoms with Gasteiger partial charge >= 0.3 is 5.97 Å². The van der Waals surface area contributed by atoms with Crippen molar-refractivity contribution in [2.75, 3.05) is 13.2 Å². The first kappa shape index (κ1) is 22.3. The van der Waals surface area contributed by atoms with Gasteiger partial charge in [0, 0.05) is 23.8 Å². The van der Waals surface area contributed by atoms with Gasteiger partial charge in [-0.15, -0.1) is 0 Å². The fourth-order valence-electron chi connectivity index (χ4n) is 2.74. The Kier molecular flexibility index (Phi) is 7.25. The lowest BCUT2D eigenvalue weighted by Crippen LogP contribution is -2.06. The van der Waals surface area contributed by atoms with Gasteiger partial charge < -0.3 is 14.2 Å². The molecule has 0 unspecified atom stereocenters. The number of nitro groups is 1. The van der Waals surface area contributed by atoms with Gasteiger partial charge in [0.1, 0.15) is 11.5 Å². The Morgan fingerprint density at radius 2 is 1.87 bits per heavy atom. The van der Waals surface area contributed by atoms with Crippen molar-refractivity contribution in [3.63, 3.8) is 0 Å². The molecule has 1 aliphatic heterocycles. The van der Waals surface area contributed by atoms with Gasteiger partial charge in [0.25, 0.3) is 5.69 Å². The summed E-state index contributed by atoms with van der Waals surface area (Å²) >= 11 is 6.12. The molecule has 1 heterocycles. The highest BCUT2D eigenvalue weighted by atomic mass is 35.5. The minimum Gasteiger partial charge on any atom is -0.493 e. The summed E-state index contributed by atoms with van der Waals surface area (Å²) in [5.41, 5.74) is 0.823. The standard InChI is InChI=1S/C22H21ClN2O6/c1-3-9-29-16-7-5-14(20(13-16)30-10-4-2)11-19-22(26)31-21(24-19)17-8-6-15(25(27)28)12-18(17)23/h5-8,11-13H,3-4,9-10H2,1-2H3/b19-11+. The number of nitrogens with zero attached hydrogens (tertiary/aromatic N) is 2. The summed E-state index contributed by atoms with van der Waals surface area (Å²) in [5, 5.41) is 10.9. The second-order valence-corrected chi connectivity index (χ2v) is 7.06. The number of carbonyl (C=O) groups excluding carboxylic acids is 1. The fourth-order valence-corrected chi connectivity index (χ4v) is 3.00. The van der Waals surface area contributed by atoms with Gasteiger partial charge in [-0.1, -0.05) is 25.4 Å². The van der Waals surface area contributed by atoms with Gasteiger partial charge in [-0.25, -0.2) is 9.79 Å². The first-order valence-electron chi connectivity index (χ1n) is 9.79. The summed E-state index contributed by atoms with van der Waals surface area (Å²) in [6, 6.07) is 9.19. The molecular weight excluding hydrogens is 424 g/mol. The molecule has 0 spiro atoms. The predicted molar refractivity (Wildman–Crippen MR) is 117 cm³/mol.